The van der Waals surface area contributed by atoms with Crippen molar-refractivity contribution in [1.82, 2.24) is 14.5 Å². The second-order valence-corrected chi connectivity index (χ2v) is 10.5. The van der Waals surface area contributed by atoms with E-state index in [4.69, 9.17) is 27.1 Å². The summed E-state index contributed by atoms with van der Waals surface area (Å²) >= 11 is 6.59. The average Bonchev–Trinajstić information content (AvgIpc) is 3.28. The number of para-hydroxylation sites is 1. The molecule has 7 heteroatoms. The van der Waals surface area contributed by atoms with Crippen LogP contribution in [0.4, 0.5) is 0 Å². The summed E-state index contributed by atoms with van der Waals surface area (Å²) in [5, 5.41) is 3.12. The molecule has 1 aromatic heterocycles. The fourth-order valence-electron chi connectivity index (χ4n) is 5.57. The quantitative estimate of drug-likeness (QED) is 0.295. The predicted octanol–water partition coefficient (Wildman–Crippen LogP) is 5.55. The number of fused-ring (bicyclic) bond motifs is 2. The number of hydrogen-bond acceptors (Lipinski definition) is 4. The molecule has 1 aliphatic heterocycles. The van der Waals surface area contributed by atoms with E-state index in [1.54, 1.807) is 7.11 Å². The van der Waals surface area contributed by atoms with Gasteiger partial charge in [-0.3, -0.25) is 4.79 Å². The number of rotatable bonds is 9. The first-order valence-electron chi connectivity index (χ1n) is 13.2. The van der Waals surface area contributed by atoms with Gasteiger partial charge in [0.25, 0.3) is 0 Å². The third-order valence-electron chi connectivity index (χ3n) is 7.36. The Morgan fingerprint density at radius 1 is 1.16 bits per heavy atom. The molecule has 0 saturated carbocycles. The molecule has 2 atom stereocenters. The van der Waals surface area contributed by atoms with Crippen molar-refractivity contribution < 1.29 is 9.53 Å². The van der Waals surface area contributed by atoms with Gasteiger partial charge in [0.1, 0.15) is 5.82 Å². The number of imidazole rings is 1. The number of nitrogens with zero attached hydrogens (tertiary/aromatic N) is 3. The normalized spacial score (nSPS) is 16.9. The maximum absolute atomic E-state index is 13.3. The van der Waals surface area contributed by atoms with E-state index in [0.717, 1.165) is 54.8 Å². The molecular formula is C30H35ClN4O2. The lowest BCUT2D eigenvalue weighted by atomic mass is 9.95. The molecule has 194 valence electrons. The molecule has 0 spiro atoms. The number of aromatic nitrogens is 2. The molecular weight excluding hydrogens is 484 g/mol. The van der Waals surface area contributed by atoms with E-state index in [1.807, 2.05) is 35.2 Å². The molecule has 2 unspecified atom stereocenters. The molecule has 2 N–H and O–H groups in total. The standard InChI is InChI=1S/C30H35ClN4O2/c1-37-16-6-15-35-29-26(31)10-4-11-27(29)33-30(35)24-9-5-14-34(20-24)28(36)19-25(32)18-21-12-13-22-7-2-3-8-23(22)17-21/h2-4,7-8,10-13,17,24-25H,5-6,9,14-16,18-20,32H2,1H3. The average molecular weight is 519 g/mol. The van der Waals surface area contributed by atoms with Gasteiger partial charge in [0.15, 0.2) is 0 Å². The second-order valence-electron chi connectivity index (χ2n) is 10.1. The Bertz CT molecular complexity index is 1380. The summed E-state index contributed by atoms with van der Waals surface area (Å²) in [4.78, 5) is 20.3. The lowest BCUT2D eigenvalue weighted by Gasteiger charge is -2.33. The zero-order valence-corrected chi connectivity index (χ0v) is 22.2. The van der Waals surface area contributed by atoms with Crippen molar-refractivity contribution >= 4 is 39.3 Å². The molecule has 1 saturated heterocycles. The Kier molecular flexibility index (Phi) is 8.08. The van der Waals surface area contributed by atoms with Crippen LogP contribution >= 0.6 is 11.6 Å². The molecule has 0 radical (unpaired) electrons. The monoisotopic (exact) mass is 518 g/mol. The van der Waals surface area contributed by atoms with Crippen molar-refractivity contribution in [2.75, 3.05) is 26.8 Å². The summed E-state index contributed by atoms with van der Waals surface area (Å²) in [6.07, 6.45) is 3.85. The van der Waals surface area contributed by atoms with E-state index >= 15 is 0 Å². The van der Waals surface area contributed by atoms with E-state index in [2.05, 4.69) is 34.9 Å². The van der Waals surface area contributed by atoms with Gasteiger partial charge < -0.3 is 19.9 Å². The summed E-state index contributed by atoms with van der Waals surface area (Å²) in [6, 6.07) is 20.4. The van der Waals surface area contributed by atoms with Crippen LogP contribution in [0.3, 0.4) is 0 Å². The first-order chi connectivity index (χ1) is 18.0. The lowest BCUT2D eigenvalue weighted by molar-refractivity contribution is -0.132. The van der Waals surface area contributed by atoms with Crippen molar-refractivity contribution in [3.05, 3.63) is 77.1 Å². The minimum atomic E-state index is -0.216. The number of likely N-dealkylation sites (tertiary alicyclic amines) is 1. The Hall–Kier alpha value is -2.93. The fraction of sp³-hybridized carbons (Fsp3) is 0.400. The maximum Gasteiger partial charge on any atom is 0.224 e. The van der Waals surface area contributed by atoms with E-state index < -0.39 is 0 Å². The number of amides is 1. The lowest BCUT2D eigenvalue weighted by Crippen LogP contribution is -2.42. The highest BCUT2D eigenvalue weighted by Crippen LogP contribution is 2.32. The number of aryl methyl sites for hydroxylation is 1. The number of hydrogen-bond donors (Lipinski definition) is 1. The van der Waals surface area contributed by atoms with Gasteiger partial charge in [0.2, 0.25) is 5.91 Å². The van der Waals surface area contributed by atoms with Crippen LogP contribution in [0.25, 0.3) is 21.8 Å². The highest BCUT2D eigenvalue weighted by atomic mass is 35.5. The van der Waals surface area contributed by atoms with Crippen LogP contribution in [0.5, 0.6) is 0 Å². The van der Waals surface area contributed by atoms with Crippen molar-refractivity contribution in [2.24, 2.45) is 5.73 Å². The third-order valence-corrected chi connectivity index (χ3v) is 7.67. The van der Waals surface area contributed by atoms with E-state index in [9.17, 15) is 4.79 Å². The number of carbonyl (C=O) groups excluding carboxylic acids is 1. The molecule has 2 heterocycles. The second kappa shape index (κ2) is 11.6. The van der Waals surface area contributed by atoms with Gasteiger partial charge in [0.05, 0.1) is 16.1 Å². The summed E-state index contributed by atoms with van der Waals surface area (Å²) in [5.41, 5.74) is 9.51. The number of benzene rings is 3. The van der Waals surface area contributed by atoms with Crippen LogP contribution < -0.4 is 5.73 Å². The van der Waals surface area contributed by atoms with Crippen LogP contribution in [0.1, 0.15) is 43.0 Å². The fourth-order valence-corrected chi connectivity index (χ4v) is 5.84. The Labute approximate surface area is 223 Å². The summed E-state index contributed by atoms with van der Waals surface area (Å²) in [5.74, 6) is 1.30. The van der Waals surface area contributed by atoms with Crippen LogP contribution in [-0.4, -0.2) is 53.2 Å². The summed E-state index contributed by atoms with van der Waals surface area (Å²) in [6.45, 7) is 2.88. The van der Waals surface area contributed by atoms with Crippen LogP contribution in [0.15, 0.2) is 60.7 Å². The number of nitrogens with two attached hydrogens (primary N) is 1. The SMILES string of the molecule is COCCCn1c(C2CCCN(C(=O)CC(N)Cc3ccc4ccccc4c3)C2)nc2cccc(Cl)c21. The largest absolute Gasteiger partial charge is 0.385 e. The highest BCUT2D eigenvalue weighted by molar-refractivity contribution is 6.35. The van der Waals surface area contributed by atoms with Crippen LogP contribution in [-0.2, 0) is 22.5 Å². The number of methoxy groups -OCH3 is 1. The van der Waals surface area contributed by atoms with Crippen molar-refractivity contribution in [2.45, 2.75) is 50.6 Å². The molecule has 3 aromatic carbocycles. The van der Waals surface area contributed by atoms with Crippen molar-refractivity contribution in [1.29, 1.82) is 0 Å². The molecule has 0 aliphatic carbocycles. The van der Waals surface area contributed by atoms with Gasteiger partial charge in [-0.1, -0.05) is 60.1 Å². The topological polar surface area (TPSA) is 73.4 Å². The van der Waals surface area contributed by atoms with Gasteiger partial charge in [-0.25, -0.2) is 4.98 Å². The zero-order valence-electron chi connectivity index (χ0n) is 21.4. The van der Waals surface area contributed by atoms with Gasteiger partial charge in [-0.15, -0.1) is 0 Å². The molecule has 1 fully saturated rings. The van der Waals surface area contributed by atoms with Gasteiger partial charge in [0, 0.05) is 51.7 Å². The Morgan fingerprint density at radius 2 is 2.00 bits per heavy atom. The first kappa shape index (κ1) is 25.7. The molecule has 0 bridgehead atoms. The maximum atomic E-state index is 13.3. The third kappa shape index (κ3) is 5.82. The molecule has 6 nitrogen and oxygen atoms in total. The summed E-state index contributed by atoms with van der Waals surface area (Å²) in [7, 11) is 1.72. The summed E-state index contributed by atoms with van der Waals surface area (Å²) < 4.78 is 7.52. The number of halogens is 1. The zero-order chi connectivity index (χ0) is 25.8. The molecule has 4 aromatic rings. The smallest absolute Gasteiger partial charge is 0.224 e. The Balaban J connectivity index is 1.27. The minimum absolute atomic E-state index is 0.123. The first-order valence-corrected chi connectivity index (χ1v) is 13.6. The molecule has 5 rings (SSSR count). The number of piperidine rings is 1. The van der Waals surface area contributed by atoms with Gasteiger partial charge in [-0.05, 0) is 54.2 Å². The van der Waals surface area contributed by atoms with E-state index in [1.165, 1.54) is 10.8 Å². The van der Waals surface area contributed by atoms with E-state index in [0.29, 0.717) is 31.0 Å². The number of carbonyl (C=O) groups is 1. The minimum Gasteiger partial charge on any atom is -0.385 e. The number of ether oxygens (including phenoxy) is 1. The van der Waals surface area contributed by atoms with Crippen LogP contribution in [0, 0.1) is 0 Å². The van der Waals surface area contributed by atoms with Crippen molar-refractivity contribution in [3.8, 4) is 0 Å². The highest BCUT2D eigenvalue weighted by Gasteiger charge is 2.29. The van der Waals surface area contributed by atoms with Crippen molar-refractivity contribution in [3.63, 3.8) is 0 Å². The van der Waals surface area contributed by atoms with Crippen LogP contribution in [0.2, 0.25) is 5.02 Å². The molecule has 1 amide bonds. The molecule has 37 heavy (non-hydrogen) atoms. The van der Waals surface area contributed by atoms with Gasteiger partial charge in [-0.2, -0.15) is 0 Å². The van der Waals surface area contributed by atoms with Gasteiger partial charge >= 0.3 is 0 Å². The predicted molar refractivity (Wildman–Crippen MR) is 150 cm³/mol. The van der Waals surface area contributed by atoms with E-state index in [-0.39, 0.29) is 17.9 Å². The molecule has 1 aliphatic rings. The Morgan fingerprint density at radius 3 is 2.84 bits per heavy atom.